The van der Waals surface area contributed by atoms with Gasteiger partial charge in [-0.25, -0.2) is 14.2 Å². The summed E-state index contributed by atoms with van der Waals surface area (Å²) in [4.78, 5) is 28.6. The van der Waals surface area contributed by atoms with E-state index in [4.69, 9.17) is 4.42 Å². The Hall–Kier alpha value is -3.32. The summed E-state index contributed by atoms with van der Waals surface area (Å²) in [5, 5.41) is 5.34. The van der Waals surface area contributed by atoms with Crippen molar-refractivity contribution in [3.8, 4) is 11.3 Å². The SMILES string of the molecule is O=C(Nc1nc(-c2cc3ccccc3oc2=O)cs1)c1cccc(F)c1. The maximum Gasteiger partial charge on any atom is 0.345 e. The lowest BCUT2D eigenvalue weighted by atomic mass is 10.1. The van der Waals surface area contributed by atoms with Gasteiger partial charge in [-0.15, -0.1) is 11.3 Å². The number of amides is 1. The van der Waals surface area contributed by atoms with Gasteiger partial charge in [0.1, 0.15) is 11.4 Å². The fourth-order valence-corrected chi connectivity index (χ4v) is 3.20. The minimum Gasteiger partial charge on any atom is -0.422 e. The fourth-order valence-electron chi connectivity index (χ4n) is 2.49. The molecule has 0 fully saturated rings. The number of aromatic nitrogens is 1. The summed E-state index contributed by atoms with van der Waals surface area (Å²) < 4.78 is 18.5. The van der Waals surface area contributed by atoms with Gasteiger partial charge in [-0.05, 0) is 30.3 Å². The Balaban J connectivity index is 1.63. The van der Waals surface area contributed by atoms with Crippen LogP contribution in [0.1, 0.15) is 10.4 Å². The molecule has 128 valence electrons. The summed E-state index contributed by atoms with van der Waals surface area (Å²) in [6.45, 7) is 0. The number of hydrogen-bond donors (Lipinski definition) is 1. The van der Waals surface area contributed by atoms with Crippen LogP contribution in [-0.2, 0) is 0 Å². The molecule has 5 nitrogen and oxygen atoms in total. The van der Waals surface area contributed by atoms with E-state index in [-0.39, 0.29) is 5.56 Å². The number of anilines is 1. The molecule has 0 bridgehead atoms. The van der Waals surface area contributed by atoms with Gasteiger partial charge in [0.05, 0.1) is 11.3 Å². The van der Waals surface area contributed by atoms with Gasteiger partial charge in [-0.1, -0.05) is 24.3 Å². The van der Waals surface area contributed by atoms with Gasteiger partial charge in [0.2, 0.25) is 0 Å². The minimum atomic E-state index is -0.503. The summed E-state index contributed by atoms with van der Waals surface area (Å²) in [7, 11) is 0. The molecule has 0 unspecified atom stereocenters. The van der Waals surface area contributed by atoms with E-state index in [1.165, 1.54) is 29.5 Å². The van der Waals surface area contributed by atoms with E-state index in [1.54, 1.807) is 23.6 Å². The fraction of sp³-hybridized carbons (Fsp3) is 0. The third-order valence-electron chi connectivity index (χ3n) is 3.73. The molecule has 0 saturated carbocycles. The molecule has 0 spiro atoms. The van der Waals surface area contributed by atoms with Crippen molar-refractivity contribution in [2.45, 2.75) is 0 Å². The number of carbonyl (C=O) groups is 1. The highest BCUT2D eigenvalue weighted by molar-refractivity contribution is 7.14. The van der Waals surface area contributed by atoms with E-state index >= 15 is 0 Å². The number of para-hydroxylation sites is 1. The Morgan fingerprint density at radius 1 is 1.12 bits per heavy atom. The summed E-state index contributed by atoms with van der Waals surface area (Å²) >= 11 is 1.17. The second-order valence-corrected chi connectivity index (χ2v) is 6.35. The highest BCUT2D eigenvalue weighted by atomic mass is 32.1. The number of nitrogens with zero attached hydrogens (tertiary/aromatic N) is 1. The zero-order valence-corrected chi connectivity index (χ0v) is 14.0. The van der Waals surface area contributed by atoms with Crippen LogP contribution < -0.4 is 10.9 Å². The Labute approximate surface area is 150 Å². The van der Waals surface area contributed by atoms with Crippen LogP contribution in [0.3, 0.4) is 0 Å². The van der Waals surface area contributed by atoms with E-state index in [2.05, 4.69) is 10.3 Å². The molecule has 2 aromatic carbocycles. The number of thiazole rings is 1. The quantitative estimate of drug-likeness (QED) is 0.549. The molecule has 0 aliphatic heterocycles. The van der Waals surface area contributed by atoms with Crippen LogP contribution >= 0.6 is 11.3 Å². The summed E-state index contributed by atoms with van der Waals surface area (Å²) in [6, 6.07) is 14.2. The molecule has 7 heteroatoms. The Morgan fingerprint density at radius 3 is 2.81 bits per heavy atom. The van der Waals surface area contributed by atoms with Crippen molar-refractivity contribution in [2.24, 2.45) is 0 Å². The van der Waals surface area contributed by atoms with Crippen molar-refractivity contribution < 1.29 is 13.6 Å². The predicted octanol–water partition coefficient (Wildman–Crippen LogP) is 4.31. The molecule has 26 heavy (non-hydrogen) atoms. The number of benzene rings is 2. The summed E-state index contributed by atoms with van der Waals surface area (Å²) in [6.07, 6.45) is 0. The first-order valence-corrected chi connectivity index (χ1v) is 8.54. The molecule has 4 aromatic rings. The number of nitrogens with one attached hydrogen (secondary N) is 1. The standard InChI is InChI=1S/C19H11FN2O3S/c20-13-6-3-5-12(8-13)17(23)22-19-21-15(10-26-19)14-9-11-4-1-2-7-16(11)25-18(14)24/h1-10H,(H,21,22,23). The third-order valence-corrected chi connectivity index (χ3v) is 4.49. The topological polar surface area (TPSA) is 72.2 Å². The molecular weight excluding hydrogens is 355 g/mol. The maximum absolute atomic E-state index is 13.2. The van der Waals surface area contributed by atoms with Crippen LogP contribution in [0.15, 0.2) is 69.2 Å². The van der Waals surface area contributed by atoms with Crippen LogP contribution in [0.2, 0.25) is 0 Å². The summed E-state index contributed by atoms with van der Waals surface area (Å²) in [5.74, 6) is -0.970. The van der Waals surface area contributed by atoms with Crippen molar-refractivity contribution in [1.82, 2.24) is 4.98 Å². The van der Waals surface area contributed by atoms with Gasteiger partial charge in [0.25, 0.3) is 5.91 Å². The second kappa shape index (κ2) is 6.53. The minimum absolute atomic E-state index is 0.187. The highest BCUT2D eigenvalue weighted by Crippen LogP contribution is 2.25. The molecule has 4 rings (SSSR count). The van der Waals surface area contributed by atoms with Gasteiger partial charge in [-0.2, -0.15) is 0 Å². The molecule has 0 atom stereocenters. The molecule has 2 heterocycles. The Morgan fingerprint density at radius 2 is 1.96 bits per heavy atom. The van der Waals surface area contributed by atoms with Gasteiger partial charge < -0.3 is 4.42 Å². The van der Waals surface area contributed by atoms with Crippen molar-refractivity contribution in [3.05, 3.63) is 81.8 Å². The molecule has 1 amide bonds. The molecular formula is C19H11FN2O3S. The van der Waals surface area contributed by atoms with E-state index in [0.29, 0.717) is 22.0 Å². The van der Waals surface area contributed by atoms with Crippen LogP contribution in [-0.4, -0.2) is 10.9 Å². The van der Waals surface area contributed by atoms with E-state index in [9.17, 15) is 14.0 Å². The molecule has 2 aromatic heterocycles. The first-order chi connectivity index (χ1) is 12.6. The molecule has 0 aliphatic carbocycles. The average molecular weight is 366 g/mol. The number of rotatable bonds is 3. The van der Waals surface area contributed by atoms with Gasteiger partial charge in [0, 0.05) is 16.3 Å². The number of fused-ring (bicyclic) bond motifs is 1. The lowest BCUT2D eigenvalue weighted by Crippen LogP contribution is -2.12. The largest absolute Gasteiger partial charge is 0.422 e. The lowest BCUT2D eigenvalue weighted by molar-refractivity contribution is 0.102. The smallest absolute Gasteiger partial charge is 0.345 e. The first kappa shape index (κ1) is 16.2. The van der Waals surface area contributed by atoms with E-state index in [1.807, 2.05) is 12.1 Å². The number of carbonyl (C=O) groups excluding carboxylic acids is 1. The highest BCUT2D eigenvalue weighted by Gasteiger charge is 2.14. The van der Waals surface area contributed by atoms with Gasteiger partial charge >= 0.3 is 5.63 Å². The van der Waals surface area contributed by atoms with Crippen molar-refractivity contribution in [3.63, 3.8) is 0 Å². The molecule has 0 saturated heterocycles. The zero-order valence-electron chi connectivity index (χ0n) is 13.2. The summed E-state index contributed by atoms with van der Waals surface area (Å²) in [5.41, 5.74) is 0.898. The van der Waals surface area contributed by atoms with Gasteiger partial charge in [-0.3, -0.25) is 10.1 Å². The van der Waals surface area contributed by atoms with Gasteiger partial charge in [0.15, 0.2) is 5.13 Å². The van der Waals surface area contributed by atoms with Crippen LogP contribution in [0.5, 0.6) is 0 Å². The number of hydrogen-bond acceptors (Lipinski definition) is 5. The average Bonchev–Trinajstić information content (AvgIpc) is 3.09. The van der Waals surface area contributed by atoms with Crippen LogP contribution in [0.25, 0.3) is 22.2 Å². The van der Waals surface area contributed by atoms with E-state index in [0.717, 1.165) is 11.5 Å². The van der Waals surface area contributed by atoms with Crippen molar-refractivity contribution >= 4 is 33.3 Å². The second-order valence-electron chi connectivity index (χ2n) is 5.49. The van der Waals surface area contributed by atoms with Crippen molar-refractivity contribution in [2.75, 3.05) is 5.32 Å². The molecule has 0 radical (unpaired) electrons. The molecule has 0 aliphatic rings. The monoisotopic (exact) mass is 366 g/mol. The van der Waals surface area contributed by atoms with Crippen LogP contribution in [0.4, 0.5) is 9.52 Å². The number of halogens is 1. The predicted molar refractivity (Wildman–Crippen MR) is 97.9 cm³/mol. The van der Waals surface area contributed by atoms with E-state index < -0.39 is 17.3 Å². The third kappa shape index (κ3) is 3.12. The first-order valence-electron chi connectivity index (χ1n) is 7.66. The molecule has 1 N–H and O–H groups in total. The van der Waals surface area contributed by atoms with Crippen LogP contribution in [0, 0.1) is 5.82 Å². The maximum atomic E-state index is 13.2. The Bertz CT molecular complexity index is 1180. The van der Waals surface area contributed by atoms with Crippen molar-refractivity contribution in [1.29, 1.82) is 0 Å². The Kier molecular flexibility index (Phi) is 4.06. The lowest BCUT2D eigenvalue weighted by Gasteiger charge is -2.02. The normalized spacial score (nSPS) is 10.8. The zero-order chi connectivity index (χ0) is 18.1.